The number of alkyl carbamates (subject to hydrolysis) is 1. The Morgan fingerprint density at radius 3 is 2.37 bits per heavy atom. The third-order valence-corrected chi connectivity index (χ3v) is 2.64. The summed E-state index contributed by atoms with van der Waals surface area (Å²) in [4.78, 5) is 11.5. The summed E-state index contributed by atoms with van der Waals surface area (Å²) in [5.74, 6) is -0.00807. The minimum absolute atomic E-state index is 0.00807. The number of aromatic nitrogens is 2. The SMILES string of the molecule is C[C@@H](NC(=O)OC(C)(C)C)c1nnc(S(C)(=O)=O)o1. The lowest BCUT2D eigenvalue weighted by molar-refractivity contribution is 0.0500. The molecule has 1 N–H and O–H groups in total. The molecule has 0 fully saturated rings. The summed E-state index contributed by atoms with van der Waals surface area (Å²) in [5, 5.41) is 8.94. The Labute approximate surface area is 111 Å². The second-order valence-corrected chi connectivity index (χ2v) is 6.94. The molecule has 1 aromatic rings. The molecule has 0 saturated carbocycles. The zero-order valence-corrected chi connectivity index (χ0v) is 12.2. The minimum atomic E-state index is -3.56. The highest BCUT2D eigenvalue weighted by atomic mass is 32.2. The van der Waals surface area contributed by atoms with Crippen LogP contribution < -0.4 is 5.32 Å². The highest BCUT2D eigenvalue weighted by molar-refractivity contribution is 7.90. The maximum absolute atomic E-state index is 11.5. The van der Waals surface area contributed by atoms with Gasteiger partial charge in [-0.3, -0.25) is 0 Å². The van der Waals surface area contributed by atoms with Crippen molar-refractivity contribution in [3.8, 4) is 0 Å². The lowest BCUT2D eigenvalue weighted by Crippen LogP contribution is -2.34. The third-order valence-electron chi connectivity index (χ3n) is 1.84. The quantitative estimate of drug-likeness (QED) is 0.886. The summed E-state index contributed by atoms with van der Waals surface area (Å²) in [5.41, 5.74) is -0.628. The van der Waals surface area contributed by atoms with Gasteiger partial charge in [-0.2, -0.15) is 0 Å². The zero-order valence-electron chi connectivity index (χ0n) is 11.4. The maximum atomic E-state index is 11.5. The van der Waals surface area contributed by atoms with Gasteiger partial charge in [0.2, 0.25) is 15.7 Å². The Morgan fingerprint density at radius 1 is 1.37 bits per heavy atom. The van der Waals surface area contributed by atoms with Crippen LogP contribution in [-0.2, 0) is 14.6 Å². The first-order valence-electron chi connectivity index (χ1n) is 5.52. The molecule has 108 valence electrons. The van der Waals surface area contributed by atoms with Crippen molar-refractivity contribution in [1.29, 1.82) is 0 Å². The fraction of sp³-hybridized carbons (Fsp3) is 0.700. The maximum Gasteiger partial charge on any atom is 0.408 e. The molecule has 1 rings (SSSR count). The number of hydrogen-bond acceptors (Lipinski definition) is 7. The monoisotopic (exact) mass is 291 g/mol. The first-order valence-corrected chi connectivity index (χ1v) is 7.41. The summed E-state index contributed by atoms with van der Waals surface area (Å²) in [7, 11) is -3.56. The summed E-state index contributed by atoms with van der Waals surface area (Å²) in [6.07, 6.45) is 0.301. The molecule has 0 bridgehead atoms. The van der Waals surface area contributed by atoms with E-state index < -0.39 is 32.8 Å². The fourth-order valence-corrected chi connectivity index (χ4v) is 1.52. The summed E-state index contributed by atoms with van der Waals surface area (Å²) in [6, 6.07) is -0.655. The van der Waals surface area contributed by atoms with Crippen molar-refractivity contribution in [3.05, 3.63) is 5.89 Å². The molecule has 0 aliphatic rings. The van der Waals surface area contributed by atoms with E-state index >= 15 is 0 Å². The van der Waals surface area contributed by atoms with Gasteiger partial charge in [-0.25, -0.2) is 13.2 Å². The van der Waals surface area contributed by atoms with Crippen LogP contribution in [0, 0.1) is 0 Å². The molecule has 0 aliphatic heterocycles. The van der Waals surface area contributed by atoms with Crippen LogP contribution >= 0.6 is 0 Å². The van der Waals surface area contributed by atoms with E-state index in [0.717, 1.165) is 6.26 Å². The topological polar surface area (TPSA) is 111 Å². The molecule has 9 heteroatoms. The van der Waals surface area contributed by atoms with E-state index in [-0.39, 0.29) is 5.89 Å². The molecule has 19 heavy (non-hydrogen) atoms. The summed E-state index contributed by atoms with van der Waals surface area (Å²) < 4.78 is 32.3. The van der Waals surface area contributed by atoms with Crippen molar-refractivity contribution in [2.45, 2.75) is 44.6 Å². The van der Waals surface area contributed by atoms with E-state index in [0.29, 0.717) is 0 Å². The van der Waals surface area contributed by atoms with Gasteiger partial charge in [0, 0.05) is 6.26 Å². The predicted octanol–water partition coefficient (Wildman–Crippen LogP) is 1.06. The van der Waals surface area contributed by atoms with E-state index in [4.69, 9.17) is 9.15 Å². The fourth-order valence-electron chi connectivity index (χ4n) is 1.09. The van der Waals surface area contributed by atoms with E-state index in [9.17, 15) is 13.2 Å². The van der Waals surface area contributed by atoms with E-state index in [1.165, 1.54) is 0 Å². The number of rotatable bonds is 3. The Hall–Kier alpha value is -1.64. The van der Waals surface area contributed by atoms with Gasteiger partial charge < -0.3 is 14.5 Å². The van der Waals surface area contributed by atoms with Crippen LogP contribution in [0.15, 0.2) is 9.64 Å². The molecule has 1 heterocycles. The van der Waals surface area contributed by atoms with Gasteiger partial charge in [-0.05, 0) is 27.7 Å². The molecule has 1 atom stereocenters. The van der Waals surface area contributed by atoms with Gasteiger partial charge in [-0.15, -0.1) is 5.10 Å². The van der Waals surface area contributed by atoms with Crippen LogP contribution in [0.1, 0.15) is 39.6 Å². The number of sulfone groups is 1. The summed E-state index contributed by atoms with van der Waals surface area (Å²) in [6.45, 7) is 6.76. The first-order chi connectivity index (χ1) is 8.49. The average Bonchev–Trinajstić information content (AvgIpc) is 2.61. The van der Waals surface area contributed by atoms with Crippen LogP contribution in [-0.4, -0.2) is 36.6 Å². The van der Waals surface area contributed by atoms with Crippen molar-refractivity contribution in [2.24, 2.45) is 0 Å². The number of ether oxygens (including phenoxy) is 1. The Kier molecular flexibility index (Phi) is 4.18. The Morgan fingerprint density at radius 2 is 1.95 bits per heavy atom. The number of nitrogens with zero attached hydrogens (tertiary/aromatic N) is 2. The van der Waals surface area contributed by atoms with Gasteiger partial charge in [-0.1, -0.05) is 5.10 Å². The lowest BCUT2D eigenvalue weighted by Gasteiger charge is -2.20. The summed E-state index contributed by atoms with van der Waals surface area (Å²) >= 11 is 0. The van der Waals surface area contributed by atoms with Crippen LogP contribution in [0.2, 0.25) is 0 Å². The van der Waals surface area contributed by atoms with E-state index in [1.54, 1.807) is 27.7 Å². The predicted molar refractivity (Wildman–Crippen MR) is 65.2 cm³/mol. The smallest absolute Gasteiger partial charge is 0.408 e. The number of carbonyl (C=O) groups excluding carboxylic acids is 1. The van der Waals surface area contributed by atoms with E-state index in [2.05, 4.69) is 15.5 Å². The van der Waals surface area contributed by atoms with Crippen molar-refractivity contribution in [2.75, 3.05) is 6.26 Å². The van der Waals surface area contributed by atoms with E-state index in [1.807, 2.05) is 0 Å². The molecule has 0 spiro atoms. The third kappa shape index (κ3) is 4.86. The van der Waals surface area contributed by atoms with Crippen molar-refractivity contribution in [1.82, 2.24) is 15.5 Å². The largest absolute Gasteiger partial charge is 0.444 e. The molecule has 0 saturated heterocycles. The standard InChI is InChI=1S/C10H17N3O5S/c1-6(11-8(14)18-10(2,3)4)7-12-13-9(17-7)19(5,15)16/h6H,1-5H3,(H,11,14)/t6-/m1/s1. The first kappa shape index (κ1) is 15.4. The molecule has 8 nitrogen and oxygen atoms in total. The lowest BCUT2D eigenvalue weighted by atomic mass is 10.2. The van der Waals surface area contributed by atoms with Crippen LogP contribution in [0.3, 0.4) is 0 Å². The van der Waals surface area contributed by atoms with Gasteiger partial charge in [0.25, 0.3) is 0 Å². The van der Waals surface area contributed by atoms with Crippen LogP contribution in [0.5, 0.6) is 0 Å². The molecular formula is C10H17N3O5S. The highest BCUT2D eigenvalue weighted by Crippen LogP contribution is 2.15. The molecular weight excluding hydrogens is 274 g/mol. The van der Waals surface area contributed by atoms with Gasteiger partial charge in [0.1, 0.15) is 11.6 Å². The average molecular weight is 291 g/mol. The van der Waals surface area contributed by atoms with Crippen LogP contribution in [0.25, 0.3) is 0 Å². The minimum Gasteiger partial charge on any atom is -0.444 e. The normalized spacial score (nSPS) is 13.9. The zero-order chi connectivity index (χ0) is 14.8. The highest BCUT2D eigenvalue weighted by Gasteiger charge is 2.23. The number of nitrogens with one attached hydrogen (secondary N) is 1. The van der Waals surface area contributed by atoms with Gasteiger partial charge in [0.15, 0.2) is 0 Å². The van der Waals surface area contributed by atoms with Gasteiger partial charge >= 0.3 is 11.3 Å². The molecule has 0 aliphatic carbocycles. The van der Waals surface area contributed by atoms with Crippen molar-refractivity contribution >= 4 is 15.9 Å². The molecule has 0 aromatic carbocycles. The second kappa shape index (κ2) is 5.16. The van der Waals surface area contributed by atoms with Crippen molar-refractivity contribution in [3.63, 3.8) is 0 Å². The Balaban J connectivity index is 2.72. The number of carbonyl (C=O) groups is 1. The number of hydrogen-bond donors (Lipinski definition) is 1. The molecule has 1 aromatic heterocycles. The van der Waals surface area contributed by atoms with Crippen LogP contribution in [0.4, 0.5) is 4.79 Å². The molecule has 1 amide bonds. The number of amides is 1. The second-order valence-electron chi connectivity index (χ2n) is 5.05. The van der Waals surface area contributed by atoms with Gasteiger partial charge in [0.05, 0.1) is 0 Å². The molecule has 0 unspecified atom stereocenters. The van der Waals surface area contributed by atoms with Crippen molar-refractivity contribution < 1.29 is 22.4 Å². The molecule has 0 radical (unpaired) electrons. The Bertz CT molecular complexity index is 558.